The molecule has 0 heterocycles. The van der Waals surface area contributed by atoms with E-state index in [2.05, 4.69) is 5.32 Å². The van der Waals surface area contributed by atoms with Gasteiger partial charge in [0.15, 0.2) is 0 Å². The number of anilines is 4. The van der Waals surface area contributed by atoms with E-state index in [4.69, 9.17) is 5.26 Å². The molecule has 24 heavy (non-hydrogen) atoms. The number of nitrogens with one attached hydrogen (secondary N) is 1. The number of hydrogen-bond donors (Lipinski definition) is 1. The van der Waals surface area contributed by atoms with Gasteiger partial charge in [0.2, 0.25) is 0 Å². The number of benzene rings is 2. The second-order valence-electron chi connectivity index (χ2n) is 5.28. The lowest BCUT2D eigenvalue weighted by Gasteiger charge is -2.26. The summed E-state index contributed by atoms with van der Waals surface area (Å²) in [5.74, 6) is 0. The standard InChI is InChI=1S/C19H15N3O2/c1-2-22(15-6-4-3-5-7-15)17-16(18(23)19(17)24)21-14-10-8-13(12-20)9-11-14/h3-11,21H,2H2,1H3. The molecule has 0 aliphatic heterocycles. The fraction of sp³-hybridized carbons (Fsp3) is 0.105. The van der Waals surface area contributed by atoms with Crippen LogP contribution in [0.25, 0.3) is 0 Å². The number of rotatable bonds is 5. The van der Waals surface area contributed by atoms with E-state index in [1.165, 1.54) is 0 Å². The van der Waals surface area contributed by atoms with E-state index in [1.807, 2.05) is 48.2 Å². The molecule has 0 radical (unpaired) electrons. The van der Waals surface area contributed by atoms with Gasteiger partial charge in [-0.3, -0.25) is 9.59 Å². The summed E-state index contributed by atoms with van der Waals surface area (Å²) in [6, 6.07) is 18.2. The van der Waals surface area contributed by atoms with Gasteiger partial charge >= 0.3 is 0 Å². The molecule has 3 aromatic carbocycles. The van der Waals surface area contributed by atoms with Gasteiger partial charge in [-0.1, -0.05) is 18.2 Å². The van der Waals surface area contributed by atoms with Gasteiger partial charge < -0.3 is 10.2 Å². The van der Waals surface area contributed by atoms with Gasteiger partial charge in [0, 0.05) is 17.9 Å². The molecule has 3 aromatic rings. The third-order valence-electron chi connectivity index (χ3n) is 3.82. The highest BCUT2D eigenvalue weighted by Gasteiger charge is 2.26. The average Bonchev–Trinajstić information content (AvgIpc) is 2.65. The van der Waals surface area contributed by atoms with Crippen molar-refractivity contribution in [3.8, 4) is 6.07 Å². The molecule has 0 aromatic heterocycles. The molecule has 1 N–H and O–H groups in total. The van der Waals surface area contributed by atoms with Crippen molar-refractivity contribution in [2.75, 3.05) is 16.8 Å². The number of nitrogens with zero attached hydrogens (tertiary/aromatic N) is 2. The SMILES string of the molecule is CCN(c1ccccc1)c1c(Nc2ccc(C#N)cc2)c(=O)c1=O. The summed E-state index contributed by atoms with van der Waals surface area (Å²) in [4.78, 5) is 25.9. The smallest absolute Gasteiger partial charge is 0.253 e. The maximum Gasteiger partial charge on any atom is 0.253 e. The van der Waals surface area contributed by atoms with Crippen LogP contribution in [0.1, 0.15) is 12.5 Å². The molecule has 0 bridgehead atoms. The minimum Gasteiger partial charge on any atom is -0.350 e. The van der Waals surface area contributed by atoms with Crippen molar-refractivity contribution in [2.24, 2.45) is 0 Å². The predicted octanol–water partition coefficient (Wildman–Crippen LogP) is 3.06. The minimum atomic E-state index is -0.524. The van der Waals surface area contributed by atoms with Crippen molar-refractivity contribution in [1.29, 1.82) is 5.26 Å². The molecule has 0 unspecified atom stereocenters. The van der Waals surface area contributed by atoms with E-state index in [9.17, 15) is 9.59 Å². The van der Waals surface area contributed by atoms with Gasteiger partial charge in [0.1, 0.15) is 11.4 Å². The van der Waals surface area contributed by atoms with Crippen LogP contribution in [0.4, 0.5) is 22.7 Å². The van der Waals surface area contributed by atoms with E-state index >= 15 is 0 Å². The first kappa shape index (κ1) is 15.5. The van der Waals surface area contributed by atoms with Crippen molar-refractivity contribution in [2.45, 2.75) is 6.92 Å². The first-order chi connectivity index (χ1) is 11.7. The van der Waals surface area contributed by atoms with Crippen LogP contribution in [0.3, 0.4) is 0 Å². The van der Waals surface area contributed by atoms with Gasteiger partial charge in [-0.05, 0) is 43.3 Å². The van der Waals surface area contributed by atoms with Gasteiger partial charge in [0.05, 0.1) is 11.6 Å². The molecule has 3 rings (SSSR count). The van der Waals surface area contributed by atoms with Gasteiger partial charge in [0.25, 0.3) is 10.9 Å². The Balaban J connectivity index is 1.96. The molecule has 0 aliphatic carbocycles. The Morgan fingerprint density at radius 1 is 1.00 bits per heavy atom. The minimum absolute atomic E-state index is 0.287. The van der Waals surface area contributed by atoms with Crippen molar-refractivity contribution < 1.29 is 0 Å². The molecule has 0 saturated carbocycles. The normalized spacial score (nSPS) is 10.3. The average molecular weight is 317 g/mol. The second kappa shape index (κ2) is 6.39. The first-order valence-corrected chi connectivity index (χ1v) is 7.58. The van der Waals surface area contributed by atoms with E-state index in [1.54, 1.807) is 24.3 Å². The Hall–Kier alpha value is -3.39. The molecule has 5 heteroatoms. The Morgan fingerprint density at radius 3 is 2.25 bits per heavy atom. The monoisotopic (exact) mass is 317 g/mol. The van der Waals surface area contributed by atoms with Crippen LogP contribution in [-0.4, -0.2) is 6.54 Å². The lowest BCUT2D eigenvalue weighted by Crippen LogP contribution is -2.40. The van der Waals surface area contributed by atoms with E-state index in [0.717, 1.165) is 5.69 Å². The molecule has 118 valence electrons. The van der Waals surface area contributed by atoms with Crippen LogP contribution in [0.2, 0.25) is 0 Å². The van der Waals surface area contributed by atoms with Crippen molar-refractivity contribution in [3.05, 3.63) is 80.6 Å². The molecular weight excluding hydrogens is 302 g/mol. The van der Waals surface area contributed by atoms with E-state index in [0.29, 0.717) is 23.5 Å². The Bertz CT molecular complexity index is 963. The molecule has 0 atom stereocenters. The third kappa shape index (κ3) is 2.66. The summed E-state index contributed by atoms with van der Waals surface area (Å²) in [6.45, 7) is 2.49. The number of para-hydroxylation sites is 1. The fourth-order valence-electron chi connectivity index (χ4n) is 2.60. The quantitative estimate of drug-likeness (QED) is 0.732. The largest absolute Gasteiger partial charge is 0.350 e. The maximum atomic E-state index is 12.1. The van der Waals surface area contributed by atoms with Crippen molar-refractivity contribution in [1.82, 2.24) is 0 Å². The van der Waals surface area contributed by atoms with Crippen LogP contribution in [0, 0.1) is 11.3 Å². The lowest BCUT2D eigenvalue weighted by atomic mass is 10.1. The highest BCUT2D eigenvalue weighted by Crippen LogP contribution is 2.30. The van der Waals surface area contributed by atoms with E-state index in [-0.39, 0.29) is 5.69 Å². The summed E-state index contributed by atoms with van der Waals surface area (Å²) in [6.07, 6.45) is 0. The van der Waals surface area contributed by atoms with Crippen molar-refractivity contribution >= 4 is 22.7 Å². The van der Waals surface area contributed by atoms with E-state index < -0.39 is 10.9 Å². The molecular formula is C19H15N3O2. The molecule has 0 spiro atoms. The zero-order valence-electron chi connectivity index (χ0n) is 13.1. The summed E-state index contributed by atoms with van der Waals surface area (Å²) >= 11 is 0. The Labute approximate surface area is 139 Å². The highest BCUT2D eigenvalue weighted by atomic mass is 16.2. The summed E-state index contributed by atoms with van der Waals surface area (Å²) < 4.78 is 0. The fourth-order valence-corrected chi connectivity index (χ4v) is 2.60. The second-order valence-corrected chi connectivity index (χ2v) is 5.28. The van der Waals surface area contributed by atoms with Gasteiger partial charge in [-0.25, -0.2) is 0 Å². The van der Waals surface area contributed by atoms with Crippen LogP contribution in [-0.2, 0) is 0 Å². The Morgan fingerprint density at radius 2 is 1.67 bits per heavy atom. The van der Waals surface area contributed by atoms with Crippen LogP contribution in [0.15, 0.2) is 64.2 Å². The summed E-state index contributed by atoms with van der Waals surface area (Å²) in [7, 11) is 0. The topological polar surface area (TPSA) is 73.2 Å². The van der Waals surface area contributed by atoms with Gasteiger partial charge in [-0.15, -0.1) is 0 Å². The van der Waals surface area contributed by atoms with Gasteiger partial charge in [-0.2, -0.15) is 5.26 Å². The lowest BCUT2D eigenvalue weighted by molar-refractivity contribution is 1.01. The third-order valence-corrected chi connectivity index (χ3v) is 3.82. The predicted molar refractivity (Wildman–Crippen MR) is 94.9 cm³/mol. The van der Waals surface area contributed by atoms with Crippen LogP contribution < -0.4 is 21.1 Å². The first-order valence-electron chi connectivity index (χ1n) is 7.58. The maximum absolute atomic E-state index is 12.1. The Kier molecular flexibility index (Phi) is 4.13. The number of nitriles is 1. The van der Waals surface area contributed by atoms with Crippen LogP contribution in [0.5, 0.6) is 0 Å². The highest BCUT2D eigenvalue weighted by molar-refractivity contribution is 5.83. The molecule has 0 aliphatic rings. The zero-order valence-corrected chi connectivity index (χ0v) is 13.1. The van der Waals surface area contributed by atoms with Crippen LogP contribution >= 0.6 is 0 Å². The molecule has 0 amide bonds. The zero-order chi connectivity index (χ0) is 17.1. The number of hydrogen-bond acceptors (Lipinski definition) is 5. The summed E-state index contributed by atoms with van der Waals surface area (Å²) in [5, 5.41) is 11.8. The molecule has 5 nitrogen and oxygen atoms in total. The molecule has 0 saturated heterocycles. The summed E-state index contributed by atoms with van der Waals surface area (Å²) in [5.41, 5.74) is 1.70. The van der Waals surface area contributed by atoms with Crippen molar-refractivity contribution in [3.63, 3.8) is 0 Å². The molecule has 0 fully saturated rings.